The molecule has 0 aliphatic heterocycles. The third-order valence-electron chi connectivity index (χ3n) is 3.03. The summed E-state index contributed by atoms with van der Waals surface area (Å²) in [4.78, 5) is 0. The fourth-order valence-corrected chi connectivity index (χ4v) is 1.96. The zero-order valence-electron chi connectivity index (χ0n) is 11.1. The van der Waals surface area contributed by atoms with Crippen LogP contribution in [0.4, 0.5) is 5.69 Å². The van der Waals surface area contributed by atoms with Crippen molar-refractivity contribution in [3.63, 3.8) is 0 Å². The standard InChI is InChI=1S/C16H19NO2/c1-19-16-5-3-2-4-14(16)12-17-15-8-6-13(7-9-15)10-11-18/h2-9,17-18H,10-12H2,1H3. The molecule has 2 aromatic carbocycles. The Bertz CT molecular complexity index is 508. The van der Waals surface area contributed by atoms with E-state index in [1.807, 2.05) is 48.5 Å². The van der Waals surface area contributed by atoms with E-state index in [0.717, 1.165) is 29.1 Å². The van der Waals surface area contributed by atoms with E-state index in [1.165, 1.54) is 0 Å². The normalized spacial score (nSPS) is 10.2. The zero-order chi connectivity index (χ0) is 13.5. The number of hydrogen-bond donors (Lipinski definition) is 2. The summed E-state index contributed by atoms with van der Waals surface area (Å²) in [5.74, 6) is 0.895. The summed E-state index contributed by atoms with van der Waals surface area (Å²) in [6, 6.07) is 16.1. The van der Waals surface area contributed by atoms with Crippen molar-refractivity contribution < 1.29 is 9.84 Å². The van der Waals surface area contributed by atoms with Gasteiger partial charge < -0.3 is 15.2 Å². The smallest absolute Gasteiger partial charge is 0.123 e. The van der Waals surface area contributed by atoms with Crippen LogP contribution >= 0.6 is 0 Å². The van der Waals surface area contributed by atoms with E-state index in [0.29, 0.717) is 6.42 Å². The number of anilines is 1. The van der Waals surface area contributed by atoms with Gasteiger partial charge in [-0.05, 0) is 30.2 Å². The van der Waals surface area contributed by atoms with Gasteiger partial charge in [0.2, 0.25) is 0 Å². The number of rotatable bonds is 6. The molecule has 2 N–H and O–H groups in total. The van der Waals surface area contributed by atoms with Crippen molar-refractivity contribution in [2.75, 3.05) is 19.0 Å². The molecule has 0 bridgehead atoms. The number of para-hydroxylation sites is 1. The molecule has 0 heterocycles. The van der Waals surface area contributed by atoms with Crippen molar-refractivity contribution in [2.24, 2.45) is 0 Å². The van der Waals surface area contributed by atoms with Gasteiger partial charge in [0, 0.05) is 24.4 Å². The van der Waals surface area contributed by atoms with Crippen LogP contribution in [0.2, 0.25) is 0 Å². The van der Waals surface area contributed by atoms with Crippen LogP contribution in [0.15, 0.2) is 48.5 Å². The van der Waals surface area contributed by atoms with Gasteiger partial charge in [-0.2, -0.15) is 0 Å². The fraction of sp³-hybridized carbons (Fsp3) is 0.250. The second kappa shape index (κ2) is 6.81. The lowest BCUT2D eigenvalue weighted by atomic mass is 10.1. The number of hydrogen-bond acceptors (Lipinski definition) is 3. The third kappa shape index (κ3) is 3.73. The van der Waals surface area contributed by atoms with Crippen LogP contribution in [0.25, 0.3) is 0 Å². The Morgan fingerprint density at radius 1 is 1.05 bits per heavy atom. The molecule has 0 saturated heterocycles. The number of nitrogens with one attached hydrogen (secondary N) is 1. The van der Waals surface area contributed by atoms with Crippen LogP contribution < -0.4 is 10.1 Å². The van der Waals surface area contributed by atoms with Crippen LogP contribution in [0, 0.1) is 0 Å². The maximum absolute atomic E-state index is 8.87. The van der Waals surface area contributed by atoms with Crippen molar-refractivity contribution >= 4 is 5.69 Å². The Labute approximate surface area is 113 Å². The number of methoxy groups -OCH3 is 1. The van der Waals surface area contributed by atoms with E-state index in [1.54, 1.807) is 7.11 Å². The summed E-state index contributed by atoms with van der Waals surface area (Å²) in [6.07, 6.45) is 0.701. The molecule has 0 unspecified atom stereocenters. The molecular formula is C16H19NO2. The molecule has 0 atom stereocenters. The highest BCUT2D eigenvalue weighted by atomic mass is 16.5. The average Bonchev–Trinajstić information content (AvgIpc) is 2.47. The Morgan fingerprint density at radius 3 is 2.47 bits per heavy atom. The first-order valence-corrected chi connectivity index (χ1v) is 6.39. The van der Waals surface area contributed by atoms with Crippen LogP contribution in [-0.2, 0) is 13.0 Å². The highest BCUT2D eigenvalue weighted by Crippen LogP contribution is 2.19. The van der Waals surface area contributed by atoms with Gasteiger partial charge in [-0.25, -0.2) is 0 Å². The van der Waals surface area contributed by atoms with Crippen LogP contribution in [-0.4, -0.2) is 18.8 Å². The summed E-state index contributed by atoms with van der Waals surface area (Å²) in [5, 5.41) is 12.2. The molecule has 0 fully saturated rings. The van der Waals surface area contributed by atoms with E-state index >= 15 is 0 Å². The predicted molar refractivity (Wildman–Crippen MR) is 77.6 cm³/mol. The van der Waals surface area contributed by atoms with Gasteiger partial charge in [0.25, 0.3) is 0 Å². The molecule has 0 saturated carbocycles. The van der Waals surface area contributed by atoms with Gasteiger partial charge in [-0.1, -0.05) is 30.3 Å². The van der Waals surface area contributed by atoms with E-state index in [4.69, 9.17) is 9.84 Å². The molecule has 0 aromatic heterocycles. The largest absolute Gasteiger partial charge is 0.496 e. The van der Waals surface area contributed by atoms with Gasteiger partial charge in [0.05, 0.1) is 7.11 Å². The summed E-state index contributed by atoms with van der Waals surface area (Å²) in [6.45, 7) is 0.914. The quantitative estimate of drug-likeness (QED) is 0.836. The van der Waals surface area contributed by atoms with Crippen LogP contribution in [0.5, 0.6) is 5.75 Å². The van der Waals surface area contributed by atoms with E-state index in [-0.39, 0.29) is 6.61 Å². The van der Waals surface area contributed by atoms with E-state index in [2.05, 4.69) is 5.32 Å². The van der Waals surface area contributed by atoms with E-state index in [9.17, 15) is 0 Å². The first-order valence-electron chi connectivity index (χ1n) is 6.39. The average molecular weight is 257 g/mol. The van der Waals surface area contributed by atoms with Crippen LogP contribution in [0.1, 0.15) is 11.1 Å². The minimum atomic E-state index is 0.188. The lowest BCUT2D eigenvalue weighted by Gasteiger charge is -2.10. The molecule has 3 nitrogen and oxygen atoms in total. The van der Waals surface area contributed by atoms with Crippen molar-refractivity contribution in [3.05, 3.63) is 59.7 Å². The van der Waals surface area contributed by atoms with Crippen molar-refractivity contribution in [1.29, 1.82) is 0 Å². The fourth-order valence-electron chi connectivity index (χ4n) is 1.96. The monoisotopic (exact) mass is 257 g/mol. The SMILES string of the molecule is COc1ccccc1CNc1ccc(CCO)cc1. The lowest BCUT2D eigenvalue weighted by molar-refractivity contribution is 0.299. The first-order chi connectivity index (χ1) is 9.33. The third-order valence-corrected chi connectivity index (χ3v) is 3.03. The summed E-state index contributed by atoms with van der Waals surface area (Å²) >= 11 is 0. The molecule has 2 rings (SSSR count). The molecule has 0 aliphatic carbocycles. The summed E-state index contributed by atoms with van der Waals surface area (Å²) in [7, 11) is 1.68. The maximum Gasteiger partial charge on any atom is 0.123 e. The molecule has 2 aromatic rings. The minimum absolute atomic E-state index is 0.188. The predicted octanol–water partition coefficient (Wildman–Crippen LogP) is 2.84. The van der Waals surface area contributed by atoms with Crippen molar-refractivity contribution in [1.82, 2.24) is 0 Å². The van der Waals surface area contributed by atoms with Gasteiger partial charge in [-0.3, -0.25) is 0 Å². The molecule has 0 radical (unpaired) electrons. The molecule has 0 spiro atoms. The second-order valence-electron chi connectivity index (χ2n) is 4.34. The van der Waals surface area contributed by atoms with Crippen molar-refractivity contribution in [2.45, 2.75) is 13.0 Å². The molecule has 0 aliphatic rings. The second-order valence-corrected chi connectivity index (χ2v) is 4.34. The highest BCUT2D eigenvalue weighted by Gasteiger charge is 2.01. The molecule has 19 heavy (non-hydrogen) atoms. The molecule has 3 heteroatoms. The number of aliphatic hydroxyl groups excluding tert-OH is 1. The van der Waals surface area contributed by atoms with Gasteiger partial charge in [-0.15, -0.1) is 0 Å². The van der Waals surface area contributed by atoms with Gasteiger partial charge in [0.1, 0.15) is 5.75 Å². The topological polar surface area (TPSA) is 41.5 Å². The summed E-state index contributed by atoms with van der Waals surface area (Å²) < 4.78 is 5.32. The number of benzene rings is 2. The Kier molecular flexibility index (Phi) is 4.81. The summed E-state index contributed by atoms with van der Waals surface area (Å²) in [5.41, 5.74) is 3.34. The number of aliphatic hydroxyl groups is 1. The van der Waals surface area contributed by atoms with Gasteiger partial charge >= 0.3 is 0 Å². The van der Waals surface area contributed by atoms with Crippen LogP contribution in [0.3, 0.4) is 0 Å². The maximum atomic E-state index is 8.87. The molecule has 100 valence electrons. The van der Waals surface area contributed by atoms with E-state index < -0.39 is 0 Å². The Hall–Kier alpha value is -2.00. The molecule has 0 amide bonds. The number of ether oxygens (including phenoxy) is 1. The van der Waals surface area contributed by atoms with Gasteiger partial charge in [0.15, 0.2) is 0 Å². The Balaban J connectivity index is 1.98. The Morgan fingerprint density at radius 2 is 1.79 bits per heavy atom. The highest BCUT2D eigenvalue weighted by molar-refractivity contribution is 5.46. The molecular weight excluding hydrogens is 238 g/mol. The minimum Gasteiger partial charge on any atom is -0.496 e. The lowest BCUT2D eigenvalue weighted by Crippen LogP contribution is -2.01. The van der Waals surface area contributed by atoms with Crippen molar-refractivity contribution in [3.8, 4) is 5.75 Å². The zero-order valence-corrected chi connectivity index (χ0v) is 11.1. The first kappa shape index (κ1) is 13.4.